The summed E-state index contributed by atoms with van der Waals surface area (Å²) in [4.78, 5) is 17.2. The number of fused-ring (bicyclic) bond motifs is 2. The Morgan fingerprint density at radius 3 is 2.50 bits per heavy atom. The molecule has 1 aliphatic carbocycles. The standard InChI is InChI=1S/C29H26N2O6S/c32-29(33)27-23-5-1-2-7-25(23)30-28-20(4-3-6-24(27)28)18-21-10-13-26(37-21)19-8-11-22(12-9-19)38(34,35)31-14-16-36-17-15-31/h1-2,5,7-13,18H,3-4,6,14-17H2,(H,32,33)/b20-18-. The number of allylic oxidation sites excluding steroid dienone is 1. The van der Waals surface area contributed by atoms with Crippen LogP contribution in [-0.2, 0) is 21.2 Å². The third-order valence-corrected chi connectivity index (χ3v) is 8.99. The van der Waals surface area contributed by atoms with Gasteiger partial charge >= 0.3 is 5.97 Å². The molecular weight excluding hydrogens is 504 g/mol. The molecule has 194 valence electrons. The van der Waals surface area contributed by atoms with Crippen molar-refractivity contribution in [2.24, 2.45) is 0 Å². The highest BCUT2D eigenvalue weighted by molar-refractivity contribution is 7.89. The summed E-state index contributed by atoms with van der Waals surface area (Å²) in [7, 11) is -3.56. The van der Waals surface area contributed by atoms with E-state index in [0.717, 1.165) is 29.5 Å². The van der Waals surface area contributed by atoms with Gasteiger partial charge in [-0.15, -0.1) is 0 Å². The molecule has 0 saturated carbocycles. The number of ether oxygens (including phenoxy) is 1. The highest BCUT2D eigenvalue weighted by atomic mass is 32.2. The minimum Gasteiger partial charge on any atom is -0.478 e. The summed E-state index contributed by atoms with van der Waals surface area (Å²) in [6.07, 6.45) is 4.18. The van der Waals surface area contributed by atoms with Crippen molar-refractivity contribution in [3.05, 3.63) is 83.2 Å². The molecule has 0 unspecified atom stereocenters. The first-order valence-corrected chi connectivity index (χ1v) is 14.0. The molecule has 2 aromatic heterocycles. The maximum Gasteiger partial charge on any atom is 0.336 e. The molecule has 2 aromatic carbocycles. The quantitative estimate of drug-likeness (QED) is 0.383. The summed E-state index contributed by atoms with van der Waals surface area (Å²) in [5.41, 5.74) is 4.15. The van der Waals surface area contributed by atoms with E-state index in [4.69, 9.17) is 14.1 Å². The molecule has 0 radical (unpaired) electrons. The number of aromatic carboxylic acids is 1. The van der Waals surface area contributed by atoms with Gasteiger partial charge in [-0.1, -0.05) is 18.2 Å². The predicted molar refractivity (Wildman–Crippen MR) is 143 cm³/mol. The fourth-order valence-corrected chi connectivity index (χ4v) is 6.61. The van der Waals surface area contributed by atoms with Crippen LogP contribution in [0.4, 0.5) is 0 Å². The molecule has 1 aliphatic heterocycles. The Balaban J connectivity index is 1.30. The largest absolute Gasteiger partial charge is 0.478 e. The van der Waals surface area contributed by atoms with Gasteiger partial charge in [0, 0.05) is 24.0 Å². The summed E-state index contributed by atoms with van der Waals surface area (Å²) in [5.74, 6) is 0.293. The lowest BCUT2D eigenvalue weighted by atomic mass is 9.86. The Morgan fingerprint density at radius 2 is 1.74 bits per heavy atom. The third kappa shape index (κ3) is 4.42. The number of pyridine rings is 1. The van der Waals surface area contributed by atoms with Crippen LogP contribution in [0, 0.1) is 0 Å². The Morgan fingerprint density at radius 1 is 0.974 bits per heavy atom. The van der Waals surface area contributed by atoms with Gasteiger partial charge in [0.2, 0.25) is 10.0 Å². The van der Waals surface area contributed by atoms with Crippen molar-refractivity contribution < 1.29 is 27.5 Å². The molecule has 4 aromatic rings. The smallest absolute Gasteiger partial charge is 0.336 e. The number of carboxylic acid groups (broad SMARTS) is 1. The molecule has 0 spiro atoms. The number of aromatic nitrogens is 1. The van der Waals surface area contributed by atoms with E-state index in [1.165, 1.54) is 4.31 Å². The number of nitrogens with zero attached hydrogens (tertiary/aromatic N) is 2. The van der Waals surface area contributed by atoms with Gasteiger partial charge < -0.3 is 14.3 Å². The van der Waals surface area contributed by atoms with Gasteiger partial charge in [0.15, 0.2) is 0 Å². The molecule has 8 nitrogen and oxygen atoms in total. The van der Waals surface area contributed by atoms with Crippen molar-refractivity contribution in [3.63, 3.8) is 0 Å². The van der Waals surface area contributed by atoms with Crippen molar-refractivity contribution in [2.75, 3.05) is 26.3 Å². The minimum absolute atomic E-state index is 0.239. The number of benzene rings is 2. The molecule has 6 rings (SSSR count). The van der Waals surface area contributed by atoms with E-state index < -0.39 is 16.0 Å². The van der Waals surface area contributed by atoms with Gasteiger partial charge in [-0.25, -0.2) is 18.2 Å². The number of para-hydroxylation sites is 1. The maximum absolute atomic E-state index is 12.9. The Kier molecular flexibility index (Phi) is 6.35. The van der Waals surface area contributed by atoms with E-state index in [-0.39, 0.29) is 4.90 Å². The predicted octanol–water partition coefficient (Wildman–Crippen LogP) is 5.09. The topological polar surface area (TPSA) is 110 Å². The average Bonchev–Trinajstić information content (AvgIpc) is 3.41. The summed E-state index contributed by atoms with van der Waals surface area (Å²) in [6.45, 7) is 1.50. The van der Waals surface area contributed by atoms with E-state index in [2.05, 4.69) is 0 Å². The molecule has 0 bridgehead atoms. The molecule has 3 heterocycles. The zero-order chi connectivity index (χ0) is 26.3. The summed E-state index contributed by atoms with van der Waals surface area (Å²) in [6, 6.07) is 17.7. The van der Waals surface area contributed by atoms with Crippen LogP contribution in [0.2, 0.25) is 0 Å². The highest BCUT2D eigenvalue weighted by Crippen LogP contribution is 2.37. The molecule has 1 N–H and O–H groups in total. The second-order valence-electron chi connectivity index (χ2n) is 9.40. The van der Waals surface area contributed by atoms with Gasteiger partial charge in [0.1, 0.15) is 11.5 Å². The van der Waals surface area contributed by atoms with Crippen LogP contribution in [0.15, 0.2) is 70.0 Å². The summed E-state index contributed by atoms with van der Waals surface area (Å²) < 4.78 is 38.6. The number of carboxylic acids is 1. The summed E-state index contributed by atoms with van der Waals surface area (Å²) in [5, 5.41) is 10.6. The summed E-state index contributed by atoms with van der Waals surface area (Å²) >= 11 is 0. The molecule has 2 aliphatic rings. The van der Waals surface area contributed by atoms with Crippen molar-refractivity contribution in [1.29, 1.82) is 0 Å². The van der Waals surface area contributed by atoms with Gasteiger partial charge in [0.05, 0.1) is 34.9 Å². The van der Waals surface area contributed by atoms with Gasteiger partial charge in [0.25, 0.3) is 0 Å². The number of hydrogen-bond acceptors (Lipinski definition) is 6. The van der Waals surface area contributed by atoms with Crippen LogP contribution in [0.5, 0.6) is 0 Å². The fraction of sp³-hybridized carbons (Fsp3) is 0.241. The second kappa shape index (κ2) is 9.83. The second-order valence-corrected chi connectivity index (χ2v) is 11.3. The van der Waals surface area contributed by atoms with Gasteiger partial charge in [-0.05, 0) is 78.9 Å². The lowest BCUT2D eigenvalue weighted by Gasteiger charge is -2.26. The molecule has 0 atom stereocenters. The van der Waals surface area contributed by atoms with Crippen LogP contribution >= 0.6 is 0 Å². The molecule has 1 fully saturated rings. The number of furan rings is 1. The van der Waals surface area contributed by atoms with Crippen LogP contribution in [-0.4, -0.2) is 55.1 Å². The zero-order valence-corrected chi connectivity index (χ0v) is 21.4. The third-order valence-electron chi connectivity index (χ3n) is 7.07. The molecule has 0 amide bonds. The normalized spacial score (nSPS) is 17.5. The highest BCUT2D eigenvalue weighted by Gasteiger charge is 2.27. The van der Waals surface area contributed by atoms with E-state index in [1.54, 1.807) is 30.3 Å². The first-order valence-electron chi connectivity index (χ1n) is 12.6. The van der Waals surface area contributed by atoms with Crippen molar-refractivity contribution in [2.45, 2.75) is 24.2 Å². The monoisotopic (exact) mass is 530 g/mol. The number of rotatable bonds is 5. The van der Waals surface area contributed by atoms with Gasteiger partial charge in [-0.2, -0.15) is 4.31 Å². The van der Waals surface area contributed by atoms with Crippen molar-refractivity contribution in [3.8, 4) is 11.3 Å². The Hall–Kier alpha value is -3.79. The van der Waals surface area contributed by atoms with Crippen LogP contribution in [0.1, 0.15) is 40.2 Å². The lowest BCUT2D eigenvalue weighted by Crippen LogP contribution is -2.40. The first kappa shape index (κ1) is 24.5. The SMILES string of the molecule is O=C(O)c1c2c(nc3ccccc13)/C(=C\c1ccc(-c3ccc(S(=O)(=O)N4CCOCC4)cc3)o1)CCC2. The minimum atomic E-state index is -3.56. The van der Waals surface area contributed by atoms with Crippen LogP contribution in [0.3, 0.4) is 0 Å². The maximum atomic E-state index is 12.9. The zero-order valence-electron chi connectivity index (χ0n) is 20.6. The van der Waals surface area contributed by atoms with Crippen molar-refractivity contribution >= 4 is 38.5 Å². The number of hydrogen-bond donors (Lipinski definition) is 1. The van der Waals surface area contributed by atoms with Crippen LogP contribution < -0.4 is 0 Å². The van der Waals surface area contributed by atoms with E-state index in [9.17, 15) is 18.3 Å². The average molecular weight is 531 g/mol. The number of sulfonamides is 1. The molecular formula is C29H26N2O6S. The molecule has 9 heteroatoms. The Labute approximate surface area is 220 Å². The van der Waals surface area contributed by atoms with Crippen molar-refractivity contribution in [1.82, 2.24) is 9.29 Å². The van der Waals surface area contributed by atoms with Gasteiger partial charge in [-0.3, -0.25) is 0 Å². The van der Waals surface area contributed by atoms with Crippen LogP contribution in [0.25, 0.3) is 33.9 Å². The Bertz CT molecular complexity index is 1670. The van der Waals surface area contributed by atoms with E-state index >= 15 is 0 Å². The molecule has 1 saturated heterocycles. The number of morpholine rings is 1. The van der Waals surface area contributed by atoms with E-state index in [1.807, 2.05) is 36.4 Å². The fourth-order valence-electron chi connectivity index (χ4n) is 5.20. The molecule has 38 heavy (non-hydrogen) atoms. The first-order chi connectivity index (χ1) is 18.4. The lowest BCUT2D eigenvalue weighted by molar-refractivity contribution is 0.0697. The number of carbonyl (C=O) groups is 1. The van der Waals surface area contributed by atoms with E-state index in [0.29, 0.717) is 66.4 Å².